The zero-order chi connectivity index (χ0) is 12.0. The normalized spacial score (nSPS) is 11.4. The lowest BCUT2D eigenvalue weighted by molar-refractivity contribution is 0.591. The number of hydrogen-bond donors (Lipinski definition) is 2. The molecule has 0 bridgehead atoms. The summed E-state index contributed by atoms with van der Waals surface area (Å²) in [4.78, 5) is 0.286. The highest BCUT2D eigenvalue weighted by Crippen LogP contribution is 2.21. The van der Waals surface area contributed by atoms with Gasteiger partial charge in [0.05, 0.1) is 16.3 Å². The lowest BCUT2D eigenvalue weighted by Gasteiger charge is -2.09. The summed E-state index contributed by atoms with van der Waals surface area (Å²) in [5, 5.41) is 0. The maximum absolute atomic E-state index is 12.0. The highest BCUT2D eigenvalue weighted by Gasteiger charge is 2.17. The molecule has 90 valence electrons. The Kier molecular flexibility index (Phi) is 4.76. The molecule has 1 rings (SSSR count). The fourth-order valence-electron chi connectivity index (χ4n) is 1.51. The highest BCUT2D eigenvalue weighted by molar-refractivity contribution is 7.91. The van der Waals surface area contributed by atoms with Crippen LogP contribution in [0.3, 0.4) is 0 Å². The predicted molar refractivity (Wildman–Crippen MR) is 65.8 cm³/mol. The zero-order valence-electron chi connectivity index (χ0n) is 9.44. The summed E-state index contributed by atoms with van der Waals surface area (Å²) in [7, 11) is -3.22. The summed E-state index contributed by atoms with van der Waals surface area (Å²) in [6.45, 7) is 2.04. The van der Waals surface area contributed by atoms with Crippen LogP contribution in [0.15, 0.2) is 29.2 Å². The number of nitrogens with one attached hydrogen (secondary N) is 1. The van der Waals surface area contributed by atoms with Gasteiger partial charge in [-0.25, -0.2) is 8.42 Å². The smallest absolute Gasteiger partial charge is 0.180 e. The standard InChI is InChI=1S/C11H18N2O2S/c1-2-3-6-9-16(14,15)11-8-5-4-7-10(11)13-12/h4-5,7-8,13H,2-3,6,9,12H2,1H3. The van der Waals surface area contributed by atoms with E-state index in [1.807, 2.05) is 6.92 Å². The quantitative estimate of drug-likeness (QED) is 0.454. The molecule has 0 heterocycles. The van der Waals surface area contributed by atoms with E-state index in [1.54, 1.807) is 24.3 Å². The molecule has 3 N–H and O–H groups in total. The summed E-state index contributed by atoms with van der Waals surface area (Å²) in [5.41, 5.74) is 2.87. The molecule has 1 aromatic rings. The number of nitrogen functional groups attached to an aromatic ring is 1. The van der Waals surface area contributed by atoms with E-state index in [4.69, 9.17) is 5.84 Å². The van der Waals surface area contributed by atoms with Gasteiger partial charge in [-0.1, -0.05) is 31.9 Å². The third-order valence-electron chi connectivity index (χ3n) is 2.39. The van der Waals surface area contributed by atoms with Gasteiger partial charge in [0.25, 0.3) is 0 Å². The van der Waals surface area contributed by atoms with Crippen molar-refractivity contribution in [2.45, 2.75) is 31.1 Å². The van der Waals surface area contributed by atoms with Crippen molar-refractivity contribution in [3.05, 3.63) is 24.3 Å². The van der Waals surface area contributed by atoms with Gasteiger partial charge >= 0.3 is 0 Å². The van der Waals surface area contributed by atoms with Crippen LogP contribution < -0.4 is 11.3 Å². The summed E-state index contributed by atoms with van der Waals surface area (Å²) in [6, 6.07) is 6.69. The number of hydrogen-bond acceptors (Lipinski definition) is 4. The SMILES string of the molecule is CCCCCS(=O)(=O)c1ccccc1NN. The second-order valence-electron chi connectivity index (χ2n) is 3.67. The minimum absolute atomic E-state index is 0.180. The molecule has 4 nitrogen and oxygen atoms in total. The number of nitrogens with two attached hydrogens (primary N) is 1. The van der Waals surface area contributed by atoms with Gasteiger partial charge in [-0.2, -0.15) is 0 Å². The number of rotatable bonds is 6. The van der Waals surface area contributed by atoms with Crippen LogP contribution in [0.25, 0.3) is 0 Å². The van der Waals surface area contributed by atoms with E-state index in [0.717, 1.165) is 12.8 Å². The molecule has 0 spiro atoms. The van der Waals surface area contributed by atoms with Crippen LogP contribution in [0, 0.1) is 0 Å². The number of sulfone groups is 1. The largest absolute Gasteiger partial charge is 0.323 e. The van der Waals surface area contributed by atoms with Gasteiger partial charge in [0.1, 0.15) is 0 Å². The molecule has 0 fully saturated rings. The van der Waals surface area contributed by atoms with Crippen LogP contribution in [0.5, 0.6) is 0 Å². The average molecular weight is 242 g/mol. The van der Waals surface area contributed by atoms with Crippen LogP contribution in [-0.2, 0) is 9.84 Å². The van der Waals surface area contributed by atoms with Crippen LogP contribution in [0.1, 0.15) is 26.2 Å². The second-order valence-corrected chi connectivity index (χ2v) is 5.74. The van der Waals surface area contributed by atoms with Crippen molar-refractivity contribution in [2.24, 2.45) is 5.84 Å². The summed E-state index contributed by atoms with van der Waals surface area (Å²) < 4.78 is 24.0. The lowest BCUT2D eigenvalue weighted by atomic mass is 10.3. The molecule has 0 aliphatic heterocycles. The minimum atomic E-state index is -3.22. The van der Waals surface area contributed by atoms with E-state index < -0.39 is 9.84 Å². The summed E-state index contributed by atoms with van der Waals surface area (Å²) in [5.74, 6) is 5.47. The van der Waals surface area contributed by atoms with Crippen molar-refractivity contribution in [3.8, 4) is 0 Å². The van der Waals surface area contributed by atoms with E-state index in [0.29, 0.717) is 12.1 Å². The van der Waals surface area contributed by atoms with Gasteiger partial charge in [0.15, 0.2) is 9.84 Å². The number of hydrazine groups is 1. The van der Waals surface area contributed by atoms with Crippen LogP contribution in [0.4, 0.5) is 5.69 Å². The maximum atomic E-state index is 12.0. The Morgan fingerprint density at radius 2 is 1.94 bits per heavy atom. The van der Waals surface area contributed by atoms with Gasteiger partial charge in [-0.3, -0.25) is 5.84 Å². The predicted octanol–water partition coefficient (Wildman–Crippen LogP) is 1.94. The van der Waals surface area contributed by atoms with Crippen LogP contribution in [0.2, 0.25) is 0 Å². The van der Waals surface area contributed by atoms with Gasteiger partial charge in [0, 0.05) is 0 Å². The highest BCUT2D eigenvalue weighted by atomic mass is 32.2. The monoisotopic (exact) mass is 242 g/mol. The third kappa shape index (κ3) is 3.21. The van der Waals surface area contributed by atoms with Crippen molar-refractivity contribution in [1.29, 1.82) is 0 Å². The first-order chi connectivity index (χ1) is 7.61. The number of benzene rings is 1. The molecule has 0 aromatic heterocycles. The molecule has 0 atom stereocenters. The third-order valence-corrected chi connectivity index (χ3v) is 4.25. The Labute approximate surface area is 96.7 Å². The molecule has 0 amide bonds. The molecular weight excluding hydrogens is 224 g/mol. The van der Waals surface area contributed by atoms with Crippen molar-refractivity contribution in [3.63, 3.8) is 0 Å². The molecule has 0 aliphatic rings. The van der Waals surface area contributed by atoms with Crippen LogP contribution >= 0.6 is 0 Å². The molecule has 0 saturated carbocycles. The fraction of sp³-hybridized carbons (Fsp3) is 0.455. The first-order valence-electron chi connectivity index (χ1n) is 5.40. The molecule has 0 unspecified atom stereocenters. The molecule has 0 radical (unpaired) electrons. The fourth-order valence-corrected chi connectivity index (χ4v) is 3.06. The first kappa shape index (κ1) is 13.0. The van der Waals surface area contributed by atoms with Crippen molar-refractivity contribution >= 4 is 15.5 Å². The van der Waals surface area contributed by atoms with Gasteiger partial charge in [-0.15, -0.1) is 0 Å². The molecular formula is C11H18N2O2S. The van der Waals surface area contributed by atoms with Crippen molar-refractivity contribution < 1.29 is 8.42 Å². The second kappa shape index (κ2) is 5.86. The lowest BCUT2D eigenvalue weighted by Crippen LogP contribution is -2.14. The molecule has 0 aliphatic carbocycles. The number of anilines is 1. The Bertz CT molecular complexity index is 429. The Hall–Kier alpha value is -1.07. The van der Waals surface area contributed by atoms with Gasteiger partial charge < -0.3 is 5.43 Å². The Morgan fingerprint density at radius 3 is 2.56 bits per heavy atom. The first-order valence-corrected chi connectivity index (χ1v) is 7.05. The zero-order valence-corrected chi connectivity index (χ0v) is 10.3. The number of unbranched alkanes of at least 4 members (excludes halogenated alkanes) is 2. The van der Waals surface area contributed by atoms with E-state index in [2.05, 4.69) is 5.43 Å². The topological polar surface area (TPSA) is 72.2 Å². The molecule has 16 heavy (non-hydrogen) atoms. The molecule has 0 saturated heterocycles. The van der Waals surface area contributed by atoms with Gasteiger partial charge in [-0.05, 0) is 18.6 Å². The summed E-state index contributed by atoms with van der Waals surface area (Å²) in [6.07, 6.45) is 2.63. The van der Waals surface area contributed by atoms with E-state index in [-0.39, 0.29) is 10.6 Å². The van der Waals surface area contributed by atoms with E-state index in [9.17, 15) is 8.42 Å². The average Bonchev–Trinajstić information content (AvgIpc) is 2.29. The maximum Gasteiger partial charge on any atom is 0.180 e. The number of para-hydroxylation sites is 1. The van der Waals surface area contributed by atoms with Crippen molar-refractivity contribution in [1.82, 2.24) is 0 Å². The Morgan fingerprint density at radius 1 is 1.25 bits per heavy atom. The van der Waals surface area contributed by atoms with Crippen molar-refractivity contribution in [2.75, 3.05) is 11.2 Å². The molecule has 1 aromatic carbocycles. The Balaban J connectivity index is 2.89. The summed E-state index contributed by atoms with van der Waals surface area (Å²) >= 11 is 0. The van der Waals surface area contributed by atoms with E-state index >= 15 is 0 Å². The van der Waals surface area contributed by atoms with E-state index in [1.165, 1.54) is 0 Å². The minimum Gasteiger partial charge on any atom is -0.323 e. The molecule has 5 heteroatoms. The van der Waals surface area contributed by atoms with Gasteiger partial charge in [0.2, 0.25) is 0 Å². The van der Waals surface area contributed by atoms with Crippen LogP contribution in [-0.4, -0.2) is 14.2 Å².